The van der Waals surface area contributed by atoms with Gasteiger partial charge in [-0.3, -0.25) is 4.79 Å². The summed E-state index contributed by atoms with van der Waals surface area (Å²) in [6, 6.07) is 0. The summed E-state index contributed by atoms with van der Waals surface area (Å²) in [5.41, 5.74) is 3.57. The molecule has 1 nitrogen and oxygen atoms in total. The standard InChI is InChI=1S/C19H31FO/c1-6-19(4,5)15(3)14(2)11-17(13-21)12-16-7-9-18(20)10-8-16/h11,13,16,18H,6-10,12H2,1-5H3/b15-14+,17-11-. The molecular weight excluding hydrogens is 263 g/mol. The van der Waals surface area contributed by atoms with Crippen LogP contribution in [0.4, 0.5) is 4.39 Å². The van der Waals surface area contributed by atoms with E-state index in [0.29, 0.717) is 18.8 Å². The smallest absolute Gasteiger partial charge is 0.146 e. The Balaban J connectivity index is 2.79. The second kappa shape index (κ2) is 7.91. The normalized spacial score (nSPS) is 25.5. The van der Waals surface area contributed by atoms with E-state index in [1.54, 1.807) is 0 Å². The van der Waals surface area contributed by atoms with E-state index < -0.39 is 6.17 Å². The molecule has 0 bridgehead atoms. The molecule has 1 aliphatic rings. The van der Waals surface area contributed by atoms with Crippen molar-refractivity contribution in [1.82, 2.24) is 0 Å². The summed E-state index contributed by atoms with van der Waals surface area (Å²) >= 11 is 0. The first-order chi connectivity index (χ1) is 9.80. The van der Waals surface area contributed by atoms with E-state index in [2.05, 4.69) is 34.6 Å². The predicted molar refractivity (Wildman–Crippen MR) is 88.1 cm³/mol. The van der Waals surface area contributed by atoms with Crippen molar-refractivity contribution in [3.05, 3.63) is 22.8 Å². The Morgan fingerprint density at radius 1 is 1.19 bits per heavy atom. The van der Waals surface area contributed by atoms with E-state index in [1.807, 2.05) is 6.08 Å². The highest BCUT2D eigenvalue weighted by Gasteiger charge is 2.22. The first-order valence-electron chi connectivity index (χ1n) is 8.28. The first-order valence-corrected chi connectivity index (χ1v) is 8.28. The van der Waals surface area contributed by atoms with Crippen LogP contribution in [0.25, 0.3) is 0 Å². The third-order valence-electron chi connectivity index (χ3n) is 5.34. The van der Waals surface area contributed by atoms with Crippen LogP contribution in [0, 0.1) is 11.3 Å². The zero-order valence-electron chi connectivity index (χ0n) is 14.3. The van der Waals surface area contributed by atoms with Gasteiger partial charge in [-0.05, 0) is 69.3 Å². The van der Waals surface area contributed by atoms with Gasteiger partial charge in [0.25, 0.3) is 0 Å². The molecule has 0 radical (unpaired) electrons. The van der Waals surface area contributed by atoms with Crippen LogP contribution in [0.15, 0.2) is 22.8 Å². The van der Waals surface area contributed by atoms with Crippen molar-refractivity contribution in [3.63, 3.8) is 0 Å². The molecule has 0 aromatic rings. The van der Waals surface area contributed by atoms with Gasteiger partial charge in [-0.25, -0.2) is 4.39 Å². The molecule has 2 heteroatoms. The third-order valence-corrected chi connectivity index (χ3v) is 5.34. The van der Waals surface area contributed by atoms with Gasteiger partial charge in [0.2, 0.25) is 0 Å². The maximum absolute atomic E-state index is 13.2. The Labute approximate surface area is 129 Å². The van der Waals surface area contributed by atoms with E-state index in [1.165, 1.54) is 11.1 Å². The van der Waals surface area contributed by atoms with Gasteiger partial charge in [0, 0.05) is 0 Å². The molecule has 0 aromatic carbocycles. The van der Waals surface area contributed by atoms with Crippen LogP contribution in [0.5, 0.6) is 0 Å². The molecule has 0 aliphatic heterocycles. The Morgan fingerprint density at radius 3 is 2.24 bits per heavy atom. The van der Waals surface area contributed by atoms with Crippen LogP contribution in [-0.4, -0.2) is 12.5 Å². The summed E-state index contributed by atoms with van der Waals surface area (Å²) in [5.74, 6) is 0.473. The molecule has 21 heavy (non-hydrogen) atoms. The number of carbonyl (C=O) groups excluding carboxylic acids is 1. The quantitative estimate of drug-likeness (QED) is 0.343. The number of halogens is 1. The van der Waals surface area contributed by atoms with Gasteiger partial charge in [-0.2, -0.15) is 0 Å². The Morgan fingerprint density at radius 2 is 1.76 bits per heavy atom. The van der Waals surface area contributed by atoms with E-state index in [0.717, 1.165) is 37.5 Å². The lowest BCUT2D eigenvalue weighted by atomic mass is 9.79. The second-order valence-corrected chi connectivity index (χ2v) is 7.20. The summed E-state index contributed by atoms with van der Waals surface area (Å²) in [6.45, 7) is 10.9. The summed E-state index contributed by atoms with van der Waals surface area (Å²) in [7, 11) is 0. The summed E-state index contributed by atoms with van der Waals surface area (Å²) < 4.78 is 13.2. The lowest BCUT2D eigenvalue weighted by Crippen LogP contribution is -2.16. The number of allylic oxidation sites excluding steroid dienone is 4. The minimum Gasteiger partial charge on any atom is -0.298 e. The maximum atomic E-state index is 13.2. The van der Waals surface area contributed by atoms with Gasteiger partial charge < -0.3 is 0 Å². The summed E-state index contributed by atoms with van der Waals surface area (Å²) in [5, 5.41) is 0. The zero-order chi connectivity index (χ0) is 16.0. The molecule has 1 saturated carbocycles. The van der Waals surface area contributed by atoms with Crippen molar-refractivity contribution >= 4 is 6.29 Å². The fourth-order valence-corrected chi connectivity index (χ4v) is 2.99. The molecule has 0 amide bonds. The Hall–Kier alpha value is -0.920. The number of aldehydes is 1. The molecule has 1 fully saturated rings. The molecule has 1 aliphatic carbocycles. The monoisotopic (exact) mass is 294 g/mol. The highest BCUT2D eigenvalue weighted by Crippen LogP contribution is 2.34. The van der Waals surface area contributed by atoms with Gasteiger partial charge in [0.05, 0.1) is 0 Å². The van der Waals surface area contributed by atoms with Crippen LogP contribution in [-0.2, 0) is 4.79 Å². The van der Waals surface area contributed by atoms with Crippen molar-refractivity contribution in [3.8, 4) is 0 Å². The lowest BCUT2D eigenvalue weighted by molar-refractivity contribution is -0.105. The number of hydrogen-bond acceptors (Lipinski definition) is 1. The van der Waals surface area contributed by atoms with Gasteiger partial charge >= 0.3 is 0 Å². The fraction of sp³-hybridized carbons (Fsp3) is 0.737. The molecule has 120 valence electrons. The van der Waals surface area contributed by atoms with E-state index in [9.17, 15) is 9.18 Å². The number of alkyl halides is 1. The van der Waals surface area contributed by atoms with Gasteiger partial charge in [0.1, 0.15) is 12.5 Å². The molecule has 0 N–H and O–H groups in total. The number of rotatable bonds is 6. The highest BCUT2D eigenvalue weighted by atomic mass is 19.1. The minimum atomic E-state index is -0.626. The van der Waals surface area contributed by atoms with E-state index >= 15 is 0 Å². The molecule has 0 unspecified atom stereocenters. The molecule has 1 rings (SSSR count). The second-order valence-electron chi connectivity index (χ2n) is 7.20. The molecular formula is C19H31FO. The topological polar surface area (TPSA) is 17.1 Å². The van der Waals surface area contributed by atoms with E-state index in [4.69, 9.17) is 0 Å². The molecule has 0 saturated heterocycles. The van der Waals surface area contributed by atoms with Crippen LogP contribution in [0.1, 0.15) is 73.1 Å². The Kier molecular flexibility index (Phi) is 6.83. The number of carbonyl (C=O) groups is 1. The zero-order valence-corrected chi connectivity index (χ0v) is 14.3. The third kappa shape index (κ3) is 5.41. The average Bonchev–Trinajstić information content (AvgIpc) is 2.47. The highest BCUT2D eigenvalue weighted by molar-refractivity contribution is 5.74. The van der Waals surface area contributed by atoms with Crippen LogP contribution < -0.4 is 0 Å². The first kappa shape index (κ1) is 18.1. The average molecular weight is 294 g/mol. The van der Waals surface area contributed by atoms with Crippen molar-refractivity contribution < 1.29 is 9.18 Å². The summed E-state index contributed by atoms with van der Waals surface area (Å²) in [6.07, 6.45) is 7.43. The van der Waals surface area contributed by atoms with Crippen molar-refractivity contribution in [2.75, 3.05) is 0 Å². The van der Waals surface area contributed by atoms with Gasteiger partial charge in [-0.15, -0.1) is 0 Å². The minimum absolute atomic E-state index is 0.168. The van der Waals surface area contributed by atoms with Crippen molar-refractivity contribution in [2.45, 2.75) is 79.3 Å². The molecule has 0 heterocycles. The van der Waals surface area contributed by atoms with Crippen LogP contribution in [0.2, 0.25) is 0 Å². The van der Waals surface area contributed by atoms with E-state index in [-0.39, 0.29) is 5.41 Å². The van der Waals surface area contributed by atoms with Crippen LogP contribution >= 0.6 is 0 Å². The van der Waals surface area contributed by atoms with Gasteiger partial charge in [-0.1, -0.05) is 38.0 Å². The van der Waals surface area contributed by atoms with Crippen LogP contribution in [0.3, 0.4) is 0 Å². The van der Waals surface area contributed by atoms with Crippen molar-refractivity contribution in [1.29, 1.82) is 0 Å². The molecule has 0 spiro atoms. The lowest BCUT2D eigenvalue weighted by Gasteiger charge is -2.26. The molecule has 0 atom stereocenters. The van der Waals surface area contributed by atoms with Crippen molar-refractivity contribution in [2.24, 2.45) is 11.3 Å². The largest absolute Gasteiger partial charge is 0.298 e. The predicted octanol–water partition coefficient (Wildman–Crippen LogP) is 5.80. The SMILES string of the molecule is CCC(C)(C)/C(C)=C(C)/C=C(\C=O)CC1CCC(F)CC1. The summed E-state index contributed by atoms with van der Waals surface area (Å²) in [4.78, 5) is 11.4. The maximum Gasteiger partial charge on any atom is 0.146 e. The molecule has 0 aromatic heterocycles. The fourth-order valence-electron chi connectivity index (χ4n) is 2.99. The Bertz CT molecular complexity index is 409. The van der Waals surface area contributed by atoms with Gasteiger partial charge in [0.15, 0.2) is 0 Å². The number of hydrogen-bond donors (Lipinski definition) is 0.